The molecule has 0 amide bonds. The summed E-state index contributed by atoms with van der Waals surface area (Å²) in [6, 6.07) is 16.4. The first-order chi connectivity index (χ1) is 10.2. The summed E-state index contributed by atoms with van der Waals surface area (Å²) in [5, 5.41) is 7.63. The molecule has 5 heteroatoms. The minimum Gasteiger partial charge on any atom is -0.381 e. The molecule has 0 spiro atoms. The van der Waals surface area contributed by atoms with Crippen molar-refractivity contribution in [2.24, 2.45) is 0 Å². The molecule has 3 nitrogen and oxygen atoms in total. The summed E-state index contributed by atoms with van der Waals surface area (Å²) in [4.78, 5) is 0. The molecule has 3 aromatic rings. The van der Waals surface area contributed by atoms with Crippen molar-refractivity contribution < 1.29 is 0 Å². The van der Waals surface area contributed by atoms with Crippen molar-refractivity contribution in [1.29, 1.82) is 0 Å². The van der Waals surface area contributed by atoms with Crippen molar-refractivity contribution in [1.82, 2.24) is 9.78 Å². The van der Waals surface area contributed by atoms with Crippen LogP contribution in [0.3, 0.4) is 0 Å². The second kappa shape index (κ2) is 6.45. The Morgan fingerprint density at radius 3 is 2.48 bits per heavy atom. The fourth-order valence-corrected chi connectivity index (χ4v) is 2.68. The highest BCUT2D eigenvalue weighted by Gasteiger charge is 2.00. The Labute approximate surface area is 140 Å². The van der Waals surface area contributed by atoms with Crippen LogP contribution >= 0.6 is 31.9 Å². The van der Waals surface area contributed by atoms with Crippen LogP contribution in [0, 0.1) is 0 Å². The van der Waals surface area contributed by atoms with Crippen molar-refractivity contribution in [3.8, 4) is 5.69 Å². The number of benzene rings is 2. The van der Waals surface area contributed by atoms with Crippen molar-refractivity contribution >= 4 is 37.5 Å². The quantitative estimate of drug-likeness (QED) is 0.659. The molecule has 0 radical (unpaired) electrons. The lowest BCUT2D eigenvalue weighted by Crippen LogP contribution is -2.00. The van der Waals surface area contributed by atoms with E-state index in [-0.39, 0.29) is 0 Å². The lowest BCUT2D eigenvalue weighted by molar-refractivity contribution is 0.880. The van der Waals surface area contributed by atoms with E-state index in [1.165, 1.54) is 5.56 Å². The Kier molecular flexibility index (Phi) is 4.41. The third-order valence-electron chi connectivity index (χ3n) is 3.12. The van der Waals surface area contributed by atoms with Gasteiger partial charge in [-0.25, -0.2) is 4.68 Å². The van der Waals surface area contributed by atoms with Gasteiger partial charge in [-0.1, -0.05) is 6.07 Å². The second-order valence-electron chi connectivity index (χ2n) is 4.60. The highest BCUT2D eigenvalue weighted by Crippen LogP contribution is 2.24. The normalized spacial score (nSPS) is 10.6. The number of hydrogen-bond acceptors (Lipinski definition) is 2. The van der Waals surface area contributed by atoms with E-state index in [1.807, 2.05) is 35.1 Å². The van der Waals surface area contributed by atoms with E-state index in [4.69, 9.17) is 0 Å². The van der Waals surface area contributed by atoms with E-state index >= 15 is 0 Å². The van der Waals surface area contributed by atoms with Gasteiger partial charge in [0.05, 0.1) is 5.69 Å². The van der Waals surface area contributed by atoms with Gasteiger partial charge in [-0.15, -0.1) is 0 Å². The minimum atomic E-state index is 0.785. The van der Waals surface area contributed by atoms with Crippen LogP contribution in [0.5, 0.6) is 0 Å². The van der Waals surface area contributed by atoms with E-state index in [1.54, 1.807) is 6.20 Å². The van der Waals surface area contributed by atoms with Crippen molar-refractivity contribution in [3.63, 3.8) is 0 Å². The molecule has 0 aliphatic heterocycles. The van der Waals surface area contributed by atoms with Crippen LogP contribution < -0.4 is 5.32 Å². The SMILES string of the molecule is Brc1ccc(CNc2ccc(-n3cccn3)cc2)cc1Br. The highest BCUT2D eigenvalue weighted by molar-refractivity contribution is 9.13. The molecule has 0 aliphatic rings. The molecule has 1 N–H and O–H groups in total. The van der Waals surface area contributed by atoms with Gasteiger partial charge in [-0.05, 0) is 79.9 Å². The van der Waals surface area contributed by atoms with Crippen LogP contribution in [0.25, 0.3) is 5.69 Å². The average molecular weight is 407 g/mol. The molecule has 106 valence electrons. The highest BCUT2D eigenvalue weighted by atomic mass is 79.9. The number of hydrogen-bond donors (Lipinski definition) is 1. The zero-order chi connectivity index (χ0) is 14.7. The number of rotatable bonds is 4. The van der Waals surface area contributed by atoms with E-state index in [0.717, 1.165) is 26.9 Å². The Balaban J connectivity index is 1.66. The van der Waals surface area contributed by atoms with Gasteiger partial charge in [0.25, 0.3) is 0 Å². The van der Waals surface area contributed by atoms with E-state index in [0.29, 0.717) is 0 Å². The van der Waals surface area contributed by atoms with Gasteiger partial charge < -0.3 is 5.32 Å². The molecule has 3 rings (SSSR count). The summed E-state index contributed by atoms with van der Waals surface area (Å²) in [6.07, 6.45) is 3.71. The molecule has 0 saturated carbocycles. The molecular weight excluding hydrogens is 394 g/mol. The standard InChI is InChI=1S/C16H13Br2N3/c17-15-7-2-12(10-16(15)18)11-19-13-3-5-14(6-4-13)21-9-1-8-20-21/h1-10,19H,11H2. The van der Waals surface area contributed by atoms with Crippen LogP contribution in [-0.4, -0.2) is 9.78 Å². The molecule has 0 fully saturated rings. The van der Waals surface area contributed by atoms with Crippen molar-refractivity contribution in [2.75, 3.05) is 5.32 Å². The Morgan fingerprint density at radius 2 is 1.81 bits per heavy atom. The number of nitrogens with zero attached hydrogens (tertiary/aromatic N) is 2. The van der Waals surface area contributed by atoms with Gasteiger partial charge in [-0.2, -0.15) is 5.10 Å². The summed E-state index contributed by atoms with van der Waals surface area (Å²) in [7, 11) is 0. The van der Waals surface area contributed by atoms with Crippen LogP contribution in [0.1, 0.15) is 5.56 Å². The second-order valence-corrected chi connectivity index (χ2v) is 6.31. The number of aromatic nitrogens is 2. The summed E-state index contributed by atoms with van der Waals surface area (Å²) in [6.45, 7) is 0.785. The van der Waals surface area contributed by atoms with E-state index in [9.17, 15) is 0 Å². The minimum absolute atomic E-state index is 0.785. The first-order valence-corrected chi connectivity index (χ1v) is 8.09. The monoisotopic (exact) mass is 405 g/mol. The predicted octanol–water partition coefficient (Wildman–Crippen LogP) is 5.01. The van der Waals surface area contributed by atoms with Crippen molar-refractivity contribution in [3.05, 3.63) is 75.4 Å². The zero-order valence-electron chi connectivity index (χ0n) is 11.1. The molecule has 21 heavy (non-hydrogen) atoms. The zero-order valence-corrected chi connectivity index (χ0v) is 14.3. The maximum Gasteiger partial charge on any atom is 0.0647 e. The third kappa shape index (κ3) is 3.54. The molecular formula is C16H13Br2N3. The molecule has 0 saturated heterocycles. The molecule has 1 heterocycles. The number of nitrogens with one attached hydrogen (secondary N) is 1. The number of halogens is 2. The van der Waals surface area contributed by atoms with Gasteiger partial charge in [0.15, 0.2) is 0 Å². The Morgan fingerprint density at radius 1 is 1.00 bits per heavy atom. The summed E-state index contributed by atoms with van der Waals surface area (Å²) < 4.78 is 3.97. The first kappa shape index (κ1) is 14.4. The van der Waals surface area contributed by atoms with Gasteiger partial charge in [0, 0.05) is 33.6 Å². The fourth-order valence-electron chi connectivity index (χ4n) is 2.01. The first-order valence-electron chi connectivity index (χ1n) is 6.50. The molecule has 0 bridgehead atoms. The largest absolute Gasteiger partial charge is 0.381 e. The Hall–Kier alpha value is -1.59. The maximum absolute atomic E-state index is 4.21. The van der Waals surface area contributed by atoms with Gasteiger partial charge in [0.2, 0.25) is 0 Å². The van der Waals surface area contributed by atoms with Crippen LogP contribution in [0.2, 0.25) is 0 Å². The summed E-state index contributed by atoms with van der Waals surface area (Å²) in [5.41, 5.74) is 3.36. The van der Waals surface area contributed by atoms with E-state index < -0.39 is 0 Å². The van der Waals surface area contributed by atoms with Crippen LogP contribution in [-0.2, 0) is 6.54 Å². The molecule has 2 aromatic carbocycles. The van der Waals surface area contributed by atoms with Crippen molar-refractivity contribution in [2.45, 2.75) is 6.54 Å². The van der Waals surface area contributed by atoms with E-state index in [2.05, 4.69) is 66.5 Å². The fraction of sp³-hybridized carbons (Fsp3) is 0.0625. The van der Waals surface area contributed by atoms with Gasteiger partial charge >= 0.3 is 0 Å². The lowest BCUT2D eigenvalue weighted by atomic mass is 10.2. The van der Waals surface area contributed by atoms with Crippen LogP contribution in [0.4, 0.5) is 5.69 Å². The number of anilines is 1. The molecule has 0 unspecified atom stereocenters. The topological polar surface area (TPSA) is 29.9 Å². The Bertz CT molecular complexity index is 722. The lowest BCUT2D eigenvalue weighted by Gasteiger charge is -2.09. The third-order valence-corrected chi connectivity index (χ3v) is 5.00. The molecule has 1 aromatic heterocycles. The van der Waals surface area contributed by atoms with Gasteiger partial charge in [-0.3, -0.25) is 0 Å². The molecule has 0 aliphatic carbocycles. The summed E-state index contributed by atoms with van der Waals surface area (Å²) >= 11 is 7.00. The summed E-state index contributed by atoms with van der Waals surface area (Å²) in [5.74, 6) is 0. The van der Waals surface area contributed by atoms with Crippen LogP contribution in [0.15, 0.2) is 69.9 Å². The smallest absolute Gasteiger partial charge is 0.0647 e. The average Bonchev–Trinajstić information content (AvgIpc) is 3.03. The predicted molar refractivity (Wildman–Crippen MR) is 92.7 cm³/mol. The maximum atomic E-state index is 4.21. The van der Waals surface area contributed by atoms with Gasteiger partial charge in [0.1, 0.15) is 0 Å². The molecule has 0 atom stereocenters.